The van der Waals surface area contributed by atoms with Crippen LogP contribution in [0, 0.1) is 5.82 Å². The van der Waals surface area contributed by atoms with Crippen LogP contribution in [0.5, 0.6) is 0 Å². The molecule has 0 radical (unpaired) electrons. The van der Waals surface area contributed by atoms with Crippen molar-refractivity contribution < 1.29 is 26.0 Å². The van der Waals surface area contributed by atoms with Crippen molar-refractivity contribution in [2.24, 2.45) is 5.73 Å². The first-order valence-corrected chi connectivity index (χ1v) is 13.6. The molecule has 4 rings (SSSR count). The fourth-order valence-corrected chi connectivity index (χ4v) is 5.35. The number of nitrogens with one attached hydrogen (secondary N) is 2. The third kappa shape index (κ3) is 7.04. The van der Waals surface area contributed by atoms with E-state index in [1.807, 2.05) is 11.6 Å². The number of aryl methyl sites for hydroxylation is 1. The van der Waals surface area contributed by atoms with E-state index >= 15 is 0 Å². The molecule has 0 bridgehead atoms. The highest BCUT2D eigenvalue weighted by Crippen LogP contribution is 2.29. The molecule has 0 amide bonds. The Bertz CT molecular complexity index is 1380. The van der Waals surface area contributed by atoms with Crippen LogP contribution in [0.15, 0.2) is 30.5 Å². The van der Waals surface area contributed by atoms with Gasteiger partial charge in [0.25, 0.3) is 0 Å². The molecule has 1 aromatic carbocycles. The molecule has 2 aromatic heterocycles. The quantitative estimate of drug-likeness (QED) is 0.352. The topological polar surface area (TPSA) is 123 Å². The van der Waals surface area contributed by atoms with Gasteiger partial charge in [0.1, 0.15) is 11.3 Å². The van der Waals surface area contributed by atoms with Crippen molar-refractivity contribution in [3.63, 3.8) is 0 Å². The number of aromatic nitrogens is 3. The molecule has 0 spiro atoms. The zero-order chi connectivity index (χ0) is 26.8. The zero-order valence-electron chi connectivity index (χ0n) is 20.1. The summed E-state index contributed by atoms with van der Waals surface area (Å²) in [4.78, 5) is 13.6. The minimum absolute atomic E-state index is 0.235. The molecule has 0 atom stereocenters. The molecule has 1 saturated carbocycles. The smallest absolute Gasteiger partial charge is 0.351 e. The molecule has 2 heterocycles. The molecular weight excluding hydrogens is 512 g/mol. The number of nitrogens with zero attached hydrogens (tertiary/aromatic N) is 3. The van der Waals surface area contributed by atoms with Crippen molar-refractivity contribution in [1.29, 1.82) is 0 Å². The Labute approximate surface area is 212 Å². The normalized spacial score (nSPS) is 18.6. The van der Waals surface area contributed by atoms with Gasteiger partial charge in [-0.25, -0.2) is 27.8 Å². The van der Waals surface area contributed by atoms with Gasteiger partial charge >= 0.3 is 6.18 Å². The van der Waals surface area contributed by atoms with Gasteiger partial charge in [-0.05, 0) is 55.9 Å². The maximum Gasteiger partial charge on any atom is 0.390 e. The van der Waals surface area contributed by atoms with Gasteiger partial charge in [-0.1, -0.05) is 13.0 Å². The molecule has 37 heavy (non-hydrogen) atoms. The van der Waals surface area contributed by atoms with Gasteiger partial charge in [0.15, 0.2) is 0 Å². The van der Waals surface area contributed by atoms with E-state index in [1.165, 1.54) is 6.07 Å². The predicted molar refractivity (Wildman–Crippen MR) is 134 cm³/mol. The third-order valence-electron chi connectivity index (χ3n) is 6.30. The summed E-state index contributed by atoms with van der Waals surface area (Å²) >= 11 is 0. The van der Waals surface area contributed by atoms with Gasteiger partial charge in [-0.3, -0.25) is 4.72 Å². The Balaban J connectivity index is 1.55. The number of alkyl halides is 3. The first-order chi connectivity index (χ1) is 17.4. The summed E-state index contributed by atoms with van der Waals surface area (Å²) in [5.74, 6) is -1.63. The molecule has 1 fully saturated rings. The lowest BCUT2D eigenvalue weighted by Crippen LogP contribution is -2.33. The summed E-state index contributed by atoms with van der Waals surface area (Å²) in [6, 6.07) is 5.95. The second kappa shape index (κ2) is 10.7. The van der Waals surface area contributed by atoms with Gasteiger partial charge in [-0.15, -0.1) is 0 Å². The Morgan fingerprint density at radius 3 is 2.49 bits per heavy atom. The minimum Gasteiger partial charge on any atom is -0.351 e. The highest BCUT2D eigenvalue weighted by molar-refractivity contribution is 7.92. The molecule has 0 unspecified atom stereocenters. The van der Waals surface area contributed by atoms with E-state index in [0.717, 1.165) is 43.4 Å². The van der Waals surface area contributed by atoms with Gasteiger partial charge in [0.05, 0.1) is 35.3 Å². The van der Waals surface area contributed by atoms with Crippen molar-refractivity contribution in [3.8, 4) is 11.3 Å². The third-order valence-corrected chi connectivity index (χ3v) is 7.57. The Morgan fingerprint density at radius 2 is 1.84 bits per heavy atom. The Kier molecular flexibility index (Phi) is 7.83. The van der Waals surface area contributed by atoms with Gasteiger partial charge in [-0.2, -0.15) is 13.2 Å². The van der Waals surface area contributed by atoms with E-state index in [9.17, 15) is 26.0 Å². The lowest BCUT2D eigenvalue weighted by Gasteiger charge is -2.26. The van der Waals surface area contributed by atoms with Crippen LogP contribution >= 0.6 is 0 Å². The van der Waals surface area contributed by atoms with Crippen molar-refractivity contribution in [3.05, 3.63) is 41.8 Å². The number of rotatable bonds is 8. The number of sulfonamides is 1. The summed E-state index contributed by atoms with van der Waals surface area (Å²) in [5.41, 5.74) is 8.39. The van der Waals surface area contributed by atoms with E-state index in [0.29, 0.717) is 34.7 Å². The molecule has 4 N–H and O–H groups in total. The number of pyridine rings is 1. The first kappa shape index (κ1) is 27.0. The fourth-order valence-electron chi connectivity index (χ4n) is 4.25. The van der Waals surface area contributed by atoms with Crippen molar-refractivity contribution in [2.45, 2.75) is 63.7 Å². The van der Waals surface area contributed by atoms with Gasteiger partial charge < -0.3 is 11.1 Å². The molecule has 8 nitrogen and oxygen atoms in total. The monoisotopic (exact) mass is 540 g/mol. The average Bonchev–Trinajstić information content (AvgIpc) is 2.84. The van der Waals surface area contributed by atoms with Crippen LogP contribution in [-0.2, 0) is 16.4 Å². The van der Waals surface area contributed by atoms with Crippen LogP contribution in [0.2, 0.25) is 0 Å². The number of hydrogen-bond donors (Lipinski definition) is 3. The first-order valence-electron chi connectivity index (χ1n) is 12.0. The van der Waals surface area contributed by atoms with Crippen LogP contribution < -0.4 is 15.8 Å². The van der Waals surface area contributed by atoms with Crippen molar-refractivity contribution >= 4 is 32.7 Å². The van der Waals surface area contributed by atoms with E-state index in [4.69, 9.17) is 5.73 Å². The summed E-state index contributed by atoms with van der Waals surface area (Å²) in [6.07, 6.45) is -0.165. The van der Waals surface area contributed by atoms with Gasteiger partial charge in [0, 0.05) is 17.6 Å². The summed E-state index contributed by atoms with van der Waals surface area (Å²) in [6.45, 7) is 1.95. The van der Waals surface area contributed by atoms with Crippen molar-refractivity contribution in [2.75, 3.05) is 15.8 Å². The second-order valence-electron chi connectivity index (χ2n) is 9.18. The molecule has 1 aliphatic carbocycles. The molecule has 13 heteroatoms. The lowest BCUT2D eigenvalue weighted by molar-refractivity contribution is -0.129. The summed E-state index contributed by atoms with van der Waals surface area (Å²) in [5, 5.41) is 3.37. The summed E-state index contributed by atoms with van der Waals surface area (Å²) < 4.78 is 77.6. The number of fused-ring (bicyclic) bond motifs is 1. The average molecular weight is 541 g/mol. The SMILES string of the molecule is CCc1cc(-c2ccc(NS(=O)(=O)CCC(F)(F)F)c(F)c2)nc2cnc(NC3CCC(N)CC3)nc12. The lowest BCUT2D eigenvalue weighted by atomic mass is 9.92. The molecule has 3 aromatic rings. The molecule has 0 saturated heterocycles. The van der Waals surface area contributed by atoms with Crippen LogP contribution in [0.1, 0.15) is 44.6 Å². The maximum atomic E-state index is 14.7. The molecule has 0 aliphatic heterocycles. The summed E-state index contributed by atoms with van der Waals surface area (Å²) in [7, 11) is -4.38. The number of benzene rings is 1. The van der Waals surface area contributed by atoms with E-state index < -0.39 is 39.9 Å². The number of hydrogen-bond acceptors (Lipinski definition) is 7. The predicted octanol–water partition coefficient (Wildman–Crippen LogP) is 4.77. The maximum absolute atomic E-state index is 14.7. The van der Waals surface area contributed by atoms with Crippen LogP contribution in [0.25, 0.3) is 22.3 Å². The van der Waals surface area contributed by atoms with Crippen LogP contribution in [-0.4, -0.2) is 47.4 Å². The second-order valence-corrected chi connectivity index (χ2v) is 11.0. The Hall–Kier alpha value is -3.06. The number of halogens is 4. The largest absolute Gasteiger partial charge is 0.390 e. The van der Waals surface area contributed by atoms with E-state index in [1.54, 1.807) is 12.3 Å². The fraction of sp³-hybridized carbons (Fsp3) is 0.458. The van der Waals surface area contributed by atoms with Crippen molar-refractivity contribution in [1.82, 2.24) is 15.0 Å². The molecule has 200 valence electrons. The minimum atomic E-state index is -4.64. The van der Waals surface area contributed by atoms with Gasteiger partial charge in [0.2, 0.25) is 16.0 Å². The van der Waals surface area contributed by atoms with E-state index in [-0.39, 0.29) is 12.1 Å². The number of anilines is 2. The highest BCUT2D eigenvalue weighted by Gasteiger charge is 2.30. The molecule has 1 aliphatic rings. The Morgan fingerprint density at radius 1 is 1.11 bits per heavy atom. The zero-order valence-corrected chi connectivity index (χ0v) is 21.0. The van der Waals surface area contributed by atoms with Crippen LogP contribution in [0.3, 0.4) is 0 Å². The van der Waals surface area contributed by atoms with Crippen LogP contribution in [0.4, 0.5) is 29.2 Å². The number of nitrogens with two attached hydrogens (primary N) is 1. The molecular formula is C24H28F4N6O2S. The van der Waals surface area contributed by atoms with E-state index in [2.05, 4.69) is 20.3 Å². The highest BCUT2D eigenvalue weighted by atomic mass is 32.2. The standard InChI is InChI=1S/C24H28F4N6O2S/c1-2-14-12-20(15-3-8-19(18(25)11-15)34-37(35,36)10-9-24(26,27)28)32-21-13-30-23(33-22(14)21)31-17-6-4-16(29)5-7-17/h3,8,11-13,16-17,34H,2,4-7,9-10,29H2,1H3,(H,30,31,33).